The van der Waals surface area contributed by atoms with Crippen LogP contribution in [0.25, 0.3) is 0 Å². The van der Waals surface area contributed by atoms with Gasteiger partial charge in [-0.05, 0) is 12.1 Å². The highest BCUT2D eigenvalue weighted by atomic mass is 19.1. The second kappa shape index (κ2) is 3.40. The number of aliphatic hydroxyl groups is 1. The summed E-state index contributed by atoms with van der Waals surface area (Å²) in [5.74, 6) is -1.44. The number of hydrogen-bond donors (Lipinski definition) is 2. The zero-order valence-electron chi connectivity index (χ0n) is 6.54. The summed E-state index contributed by atoms with van der Waals surface area (Å²) < 4.78 is 17.6. The van der Waals surface area contributed by atoms with Crippen molar-refractivity contribution in [1.29, 1.82) is 0 Å². The van der Waals surface area contributed by atoms with E-state index >= 15 is 0 Å². The highest BCUT2D eigenvalue weighted by Gasteiger charge is 2.11. The van der Waals surface area contributed by atoms with E-state index in [1.165, 1.54) is 19.2 Å². The Labute approximate surface area is 69.0 Å². The second-order valence-electron chi connectivity index (χ2n) is 2.25. The molecule has 0 aliphatic heterocycles. The summed E-state index contributed by atoms with van der Waals surface area (Å²) in [5.41, 5.74) is 0.147. The average Bonchev–Trinajstić information content (AvgIpc) is 2.10. The minimum Gasteiger partial charge on any atom is -0.504 e. The van der Waals surface area contributed by atoms with Gasteiger partial charge in [-0.25, -0.2) is 0 Å². The van der Waals surface area contributed by atoms with Crippen LogP contribution in [0.5, 0.6) is 11.5 Å². The van der Waals surface area contributed by atoms with Crippen LogP contribution in [0.15, 0.2) is 12.1 Å². The van der Waals surface area contributed by atoms with Gasteiger partial charge in [0.15, 0.2) is 11.5 Å². The Morgan fingerprint density at radius 3 is 2.67 bits per heavy atom. The number of phenols is 1. The summed E-state index contributed by atoms with van der Waals surface area (Å²) in [6.45, 7) is -0.396. The number of methoxy groups -OCH3 is 1. The Morgan fingerprint density at radius 2 is 2.17 bits per heavy atom. The third-order valence-corrected chi connectivity index (χ3v) is 1.55. The molecule has 12 heavy (non-hydrogen) atoms. The van der Waals surface area contributed by atoms with E-state index in [2.05, 4.69) is 4.74 Å². The van der Waals surface area contributed by atoms with E-state index in [-0.39, 0.29) is 11.3 Å². The molecule has 0 aliphatic carbocycles. The molecule has 0 atom stereocenters. The molecule has 0 saturated heterocycles. The fourth-order valence-electron chi connectivity index (χ4n) is 0.871. The highest BCUT2D eigenvalue weighted by Crippen LogP contribution is 2.28. The molecule has 1 aromatic carbocycles. The smallest absolute Gasteiger partial charge is 0.206 e. The number of aromatic hydroxyl groups is 1. The van der Waals surface area contributed by atoms with Crippen LogP contribution in [0.3, 0.4) is 0 Å². The van der Waals surface area contributed by atoms with Gasteiger partial charge in [0.2, 0.25) is 5.82 Å². The van der Waals surface area contributed by atoms with Gasteiger partial charge in [0, 0.05) is 5.56 Å². The monoisotopic (exact) mass is 172 g/mol. The molecule has 0 radical (unpaired) electrons. The number of benzene rings is 1. The molecule has 0 heterocycles. The van der Waals surface area contributed by atoms with E-state index in [1.54, 1.807) is 0 Å². The van der Waals surface area contributed by atoms with Gasteiger partial charge in [0.1, 0.15) is 0 Å². The minimum absolute atomic E-state index is 0.0373. The summed E-state index contributed by atoms with van der Waals surface area (Å²) in [6, 6.07) is 2.75. The predicted octanol–water partition coefficient (Wildman–Crippen LogP) is 1.03. The van der Waals surface area contributed by atoms with Crippen LogP contribution in [-0.2, 0) is 6.61 Å². The van der Waals surface area contributed by atoms with E-state index in [1.807, 2.05) is 0 Å². The third kappa shape index (κ3) is 1.33. The van der Waals surface area contributed by atoms with E-state index in [0.717, 1.165) is 0 Å². The second-order valence-corrected chi connectivity index (χ2v) is 2.25. The van der Waals surface area contributed by atoms with E-state index in [4.69, 9.17) is 10.2 Å². The molecule has 1 aromatic rings. The third-order valence-electron chi connectivity index (χ3n) is 1.55. The van der Waals surface area contributed by atoms with Crippen LogP contribution >= 0.6 is 0 Å². The normalized spacial score (nSPS) is 9.92. The average molecular weight is 172 g/mol. The van der Waals surface area contributed by atoms with Crippen LogP contribution in [0, 0.1) is 5.82 Å². The van der Waals surface area contributed by atoms with E-state index < -0.39 is 18.2 Å². The van der Waals surface area contributed by atoms with Crippen molar-refractivity contribution in [3.63, 3.8) is 0 Å². The molecule has 1 rings (SSSR count). The summed E-state index contributed by atoms with van der Waals surface area (Å²) in [6.07, 6.45) is 0. The lowest BCUT2D eigenvalue weighted by Gasteiger charge is -2.05. The number of ether oxygens (including phenoxy) is 1. The highest BCUT2D eigenvalue weighted by molar-refractivity contribution is 5.41. The molecule has 0 aliphatic rings. The fourth-order valence-corrected chi connectivity index (χ4v) is 0.871. The Kier molecular flexibility index (Phi) is 2.50. The summed E-state index contributed by atoms with van der Waals surface area (Å²) in [4.78, 5) is 0. The lowest BCUT2D eigenvalue weighted by molar-refractivity contribution is 0.271. The van der Waals surface area contributed by atoms with Gasteiger partial charge in [-0.3, -0.25) is 0 Å². The van der Waals surface area contributed by atoms with Gasteiger partial charge in [-0.1, -0.05) is 0 Å². The maximum Gasteiger partial charge on any atom is 0.206 e. The van der Waals surface area contributed by atoms with Gasteiger partial charge < -0.3 is 14.9 Å². The number of hydrogen-bond acceptors (Lipinski definition) is 3. The maximum atomic E-state index is 13.0. The molecule has 0 spiro atoms. The van der Waals surface area contributed by atoms with Crippen LogP contribution in [0.4, 0.5) is 4.39 Å². The van der Waals surface area contributed by atoms with Crippen molar-refractivity contribution in [2.45, 2.75) is 6.61 Å². The summed E-state index contributed by atoms with van der Waals surface area (Å²) >= 11 is 0. The van der Waals surface area contributed by atoms with Crippen molar-refractivity contribution >= 4 is 0 Å². The van der Waals surface area contributed by atoms with Crippen molar-refractivity contribution in [1.82, 2.24) is 0 Å². The first-order valence-electron chi connectivity index (χ1n) is 3.36. The topological polar surface area (TPSA) is 49.7 Å². The molecule has 0 aromatic heterocycles. The van der Waals surface area contributed by atoms with Crippen LogP contribution in [0.1, 0.15) is 5.56 Å². The SMILES string of the molecule is COc1ccc(CO)c(O)c1F. The van der Waals surface area contributed by atoms with E-state index in [9.17, 15) is 4.39 Å². The number of aliphatic hydroxyl groups excluding tert-OH is 1. The Hall–Kier alpha value is -1.29. The van der Waals surface area contributed by atoms with Crippen LogP contribution < -0.4 is 4.74 Å². The van der Waals surface area contributed by atoms with Gasteiger partial charge >= 0.3 is 0 Å². The quantitative estimate of drug-likeness (QED) is 0.700. The molecule has 0 unspecified atom stereocenters. The first-order valence-corrected chi connectivity index (χ1v) is 3.36. The first kappa shape index (κ1) is 8.80. The maximum absolute atomic E-state index is 13.0. The predicted molar refractivity (Wildman–Crippen MR) is 40.5 cm³/mol. The molecular formula is C8H9FO3. The first-order chi connectivity index (χ1) is 5.70. The Bertz CT molecular complexity index is 257. The summed E-state index contributed by atoms with van der Waals surface area (Å²) in [5, 5.41) is 17.7. The van der Waals surface area contributed by atoms with E-state index in [0.29, 0.717) is 0 Å². The Balaban J connectivity index is 3.20. The van der Waals surface area contributed by atoms with Crippen LogP contribution in [-0.4, -0.2) is 17.3 Å². The molecule has 0 amide bonds. The van der Waals surface area contributed by atoms with Gasteiger partial charge in [-0.2, -0.15) is 4.39 Å². The van der Waals surface area contributed by atoms with Gasteiger partial charge in [0.05, 0.1) is 13.7 Å². The van der Waals surface area contributed by atoms with Crippen molar-refractivity contribution in [3.05, 3.63) is 23.5 Å². The van der Waals surface area contributed by atoms with Crippen LogP contribution in [0.2, 0.25) is 0 Å². The molecule has 0 saturated carbocycles. The van der Waals surface area contributed by atoms with Crippen molar-refractivity contribution in [3.8, 4) is 11.5 Å². The zero-order valence-corrected chi connectivity index (χ0v) is 6.54. The molecular weight excluding hydrogens is 163 g/mol. The number of halogens is 1. The molecule has 2 N–H and O–H groups in total. The molecule has 3 nitrogen and oxygen atoms in total. The zero-order chi connectivity index (χ0) is 9.14. The van der Waals surface area contributed by atoms with Crippen molar-refractivity contribution < 1.29 is 19.3 Å². The number of rotatable bonds is 2. The lowest BCUT2D eigenvalue weighted by atomic mass is 10.2. The molecule has 4 heteroatoms. The standard InChI is InChI=1S/C8H9FO3/c1-12-6-3-2-5(4-10)8(11)7(6)9/h2-3,10-11H,4H2,1H3. The van der Waals surface area contributed by atoms with Gasteiger partial charge in [0.25, 0.3) is 0 Å². The lowest BCUT2D eigenvalue weighted by Crippen LogP contribution is -1.92. The van der Waals surface area contributed by atoms with Gasteiger partial charge in [-0.15, -0.1) is 0 Å². The minimum atomic E-state index is -0.843. The molecule has 66 valence electrons. The molecule has 0 fully saturated rings. The summed E-state index contributed by atoms with van der Waals surface area (Å²) in [7, 11) is 1.30. The Morgan fingerprint density at radius 1 is 1.50 bits per heavy atom. The van der Waals surface area contributed by atoms with Crippen molar-refractivity contribution in [2.75, 3.05) is 7.11 Å². The van der Waals surface area contributed by atoms with Crippen molar-refractivity contribution in [2.24, 2.45) is 0 Å². The largest absolute Gasteiger partial charge is 0.504 e. The molecule has 0 bridgehead atoms. The fraction of sp³-hybridized carbons (Fsp3) is 0.250.